The van der Waals surface area contributed by atoms with Crippen LogP contribution in [0.1, 0.15) is 24.1 Å². The number of anilines is 1. The molecule has 3 heterocycles. The summed E-state index contributed by atoms with van der Waals surface area (Å²) in [5.74, 6) is -0.173. The Kier molecular flexibility index (Phi) is 4.06. The second kappa shape index (κ2) is 6.30. The van der Waals surface area contributed by atoms with Crippen LogP contribution in [-0.2, 0) is 17.4 Å². The molecule has 1 amide bonds. The van der Waals surface area contributed by atoms with Crippen LogP contribution in [0.15, 0.2) is 24.4 Å². The zero-order valence-corrected chi connectivity index (χ0v) is 14.3. The fourth-order valence-corrected chi connectivity index (χ4v) is 3.95. The molecule has 1 fully saturated rings. The van der Waals surface area contributed by atoms with Gasteiger partial charge in [-0.05, 0) is 36.5 Å². The number of rotatable bonds is 2. The molecule has 1 unspecified atom stereocenters. The van der Waals surface area contributed by atoms with E-state index in [2.05, 4.69) is 5.10 Å². The Morgan fingerprint density at radius 3 is 2.85 bits per heavy atom. The van der Waals surface area contributed by atoms with E-state index in [4.69, 9.17) is 0 Å². The van der Waals surface area contributed by atoms with Crippen LogP contribution < -0.4 is 4.90 Å². The number of halogens is 3. The van der Waals surface area contributed by atoms with Crippen molar-refractivity contribution in [2.45, 2.75) is 31.5 Å². The lowest BCUT2D eigenvalue weighted by Crippen LogP contribution is -2.43. The summed E-state index contributed by atoms with van der Waals surface area (Å²) in [6, 6.07) is 4.50. The number of aromatic amines is 1. The number of benzene rings is 1. The lowest BCUT2D eigenvalue weighted by atomic mass is 9.98. The number of carbonyl (C=O) groups excluding carboxylic acids is 1. The van der Waals surface area contributed by atoms with Crippen LogP contribution in [-0.4, -0.2) is 40.1 Å². The highest BCUT2D eigenvalue weighted by molar-refractivity contribution is 6.00. The molecule has 2 aliphatic heterocycles. The van der Waals surface area contributed by atoms with Gasteiger partial charge in [0.25, 0.3) is 0 Å². The molecule has 0 aliphatic carbocycles. The number of likely N-dealkylation sites (tertiary alicyclic amines) is 1. The summed E-state index contributed by atoms with van der Waals surface area (Å²) in [7, 11) is 0. The molecule has 0 bridgehead atoms. The quantitative estimate of drug-likeness (QED) is 0.819. The molecule has 2 aliphatic rings. The molecule has 1 aromatic carbocycles. The van der Waals surface area contributed by atoms with Crippen LogP contribution in [0.2, 0.25) is 0 Å². The van der Waals surface area contributed by atoms with Crippen molar-refractivity contribution in [3.63, 3.8) is 0 Å². The summed E-state index contributed by atoms with van der Waals surface area (Å²) in [6.07, 6.45) is 0.510. The Morgan fingerprint density at radius 1 is 1.30 bits per heavy atom. The minimum absolute atomic E-state index is 0.0202. The van der Waals surface area contributed by atoms with Crippen molar-refractivity contribution in [1.29, 1.82) is 5.26 Å². The van der Waals surface area contributed by atoms with Crippen molar-refractivity contribution in [3.05, 3.63) is 35.7 Å². The fraction of sp³-hybridized carbons (Fsp3) is 0.389. The maximum absolute atomic E-state index is 13.2. The average molecular weight is 375 g/mol. The highest BCUT2D eigenvalue weighted by Crippen LogP contribution is 2.41. The molecule has 27 heavy (non-hydrogen) atoms. The van der Waals surface area contributed by atoms with E-state index in [1.807, 2.05) is 11.3 Å². The Hall–Kier alpha value is -3.02. The molecule has 4 rings (SSSR count). The van der Waals surface area contributed by atoms with Crippen LogP contribution in [0.5, 0.6) is 0 Å². The van der Waals surface area contributed by atoms with Gasteiger partial charge in [0.15, 0.2) is 6.19 Å². The summed E-state index contributed by atoms with van der Waals surface area (Å²) in [6.45, 7) is 0.942. The lowest BCUT2D eigenvalue weighted by Gasteiger charge is -2.25. The van der Waals surface area contributed by atoms with Crippen LogP contribution in [0.3, 0.4) is 0 Å². The third-order valence-electron chi connectivity index (χ3n) is 5.17. The van der Waals surface area contributed by atoms with E-state index in [1.54, 1.807) is 23.1 Å². The molecule has 140 valence electrons. The largest absolute Gasteiger partial charge is 0.433 e. The van der Waals surface area contributed by atoms with Gasteiger partial charge in [-0.3, -0.25) is 14.8 Å². The van der Waals surface area contributed by atoms with Gasteiger partial charge in [-0.1, -0.05) is 12.1 Å². The lowest BCUT2D eigenvalue weighted by molar-refractivity contribution is -0.140. The van der Waals surface area contributed by atoms with E-state index in [-0.39, 0.29) is 11.5 Å². The first-order valence-electron chi connectivity index (χ1n) is 8.62. The number of fused-ring (bicyclic) bond motifs is 1. The molecule has 1 saturated heterocycles. The molecule has 0 radical (unpaired) electrons. The number of nitriles is 1. The number of H-pyrrole nitrogens is 1. The Balaban J connectivity index is 1.71. The normalized spacial score (nSPS) is 19.3. The summed E-state index contributed by atoms with van der Waals surface area (Å²) < 4.78 is 39.7. The van der Waals surface area contributed by atoms with Gasteiger partial charge >= 0.3 is 6.18 Å². The van der Waals surface area contributed by atoms with E-state index in [1.165, 1.54) is 4.90 Å². The van der Waals surface area contributed by atoms with Gasteiger partial charge < -0.3 is 4.90 Å². The predicted molar refractivity (Wildman–Crippen MR) is 90.4 cm³/mol. The smallest absolute Gasteiger partial charge is 0.310 e. The minimum atomic E-state index is -4.54. The van der Waals surface area contributed by atoms with Crippen LogP contribution in [0, 0.1) is 11.5 Å². The molecular weight excluding hydrogens is 359 g/mol. The molecule has 1 aromatic heterocycles. The van der Waals surface area contributed by atoms with Gasteiger partial charge in [0.05, 0.1) is 6.20 Å². The highest BCUT2D eigenvalue weighted by atomic mass is 19.4. The standard InChI is InChI=1S/C18H16F3N5O/c19-18(20,21)16-13(9-23-24-16)11-3-1-4-14-12(11)6-8-26(14)17(27)15-5-2-7-25(15)10-22/h1,3-4,9,15H,2,5-8H2,(H,23,24). The second-order valence-corrected chi connectivity index (χ2v) is 6.65. The zero-order chi connectivity index (χ0) is 19.2. The number of alkyl halides is 3. The average Bonchev–Trinajstić information content (AvgIpc) is 3.37. The van der Waals surface area contributed by atoms with Crippen LogP contribution in [0.4, 0.5) is 18.9 Å². The third-order valence-corrected chi connectivity index (χ3v) is 5.17. The number of hydrogen-bond donors (Lipinski definition) is 1. The summed E-state index contributed by atoms with van der Waals surface area (Å²) in [4.78, 5) is 16.0. The van der Waals surface area contributed by atoms with E-state index >= 15 is 0 Å². The Labute approximate surface area is 153 Å². The van der Waals surface area contributed by atoms with Crippen LogP contribution in [0.25, 0.3) is 11.1 Å². The predicted octanol–water partition coefficient (Wildman–Crippen LogP) is 2.93. The summed E-state index contributed by atoms with van der Waals surface area (Å²) in [5.41, 5.74) is 0.809. The Morgan fingerprint density at radius 2 is 2.11 bits per heavy atom. The summed E-state index contributed by atoms with van der Waals surface area (Å²) in [5, 5.41) is 14.8. The fourth-order valence-electron chi connectivity index (χ4n) is 3.95. The third kappa shape index (κ3) is 2.81. The van der Waals surface area contributed by atoms with Gasteiger partial charge in [0.2, 0.25) is 5.91 Å². The van der Waals surface area contributed by atoms with Crippen molar-refractivity contribution in [2.75, 3.05) is 18.0 Å². The number of aromatic nitrogens is 2. The number of nitrogens with one attached hydrogen (secondary N) is 1. The number of nitrogens with zero attached hydrogens (tertiary/aromatic N) is 4. The second-order valence-electron chi connectivity index (χ2n) is 6.65. The molecule has 2 aromatic rings. The van der Waals surface area contributed by atoms with Crippen LogP contribution >= 0.6 is 0 Å². The maximum atomic E-state index is 13.2. The van der Waals surface area contributed by atoms with Crippen molar-refractivity contribution in [1.82, 2.24) is 15.1 Å². The topological polar surface area (TPSA) is 76.0 Å². The van der Waals surface area contributed by atoms with Crippen molar-refractivity contribution in [2.24, 2.45) is 0 Å². The molecular formula is C18H16F3N5O. The Bertz CT molecular complexity index is 930. The molecule has 0 saturated carbocycles. The van der Waals surface area contributed by atoms with Gasteiger partial charge in [-0.25, -0.2) is 0 Å². The van der Waals surface area contributed by atoms with Gasteiger partial charge in [0.1, 0.15) is 11.7 Å². The minimum Gasteiger partial charge on any atom is -0.310 e. The van der Waals surface area contributed by atoms with Gasteiger partial charge in [0, 0.05) is 24.3 Å². The highest BCUT2D eigenvalue weighted by Gasteiger charge is 2.39. The first kappa shape index (κ1) is 17.4. The SMILES string of the molecule is N#CN1CCCC1C(=O)N1CCc2c(-c3cn[nH]c3C(F)(F)F)cccc21. The number of carbonyl (C=O) groups is 1. The van der Waals surface area contributed by atoms with E-state index in [0.717, 1.165) is 12.6 Å². The van der Waals surface area contributed by atoms with Crippen molar-refractivity contribution < 1.29 is 18.0 Å². The van der Waals surface area contributed by atoms with Crippen molar-refractivity contribution >= 4 is 11.6 Å². The summed E-state index contributed by atoms with van der Waals surface area (Å²) >= 11 is 0. The van der Waals surface area contributed by atoms with E-state index in [9.17, 15) is 23.2 Å². The first-order chi connectivity index (χ1) is 12.9. The molecule has 1 atom stereocenters. The van der Waals surface area contributed by atoms with Gasteiger partial charge in [-0.15, -0.1) is 0 Å². The first-order valence-corrected chi connectivity index (χ1v) is 8.62. The zero-order valence-electron chi connectivity index (χ0n) is 14.3. The monoisotopic (exact) mass is 375 g/mol. The molecule has 9 heteroatoms. The molecule has 0 spiro atoms. The molecule has 1 N–H and O–H groups in total. The van der Waals surface area contributed by atoms with Gasteiger partial charge in [-0.2, -0.15) is 23.5 Å². The number of hydrogen-bond acceptors (Lipinski definition) is 4. The van der Waals surface area contributed by atoms with E-state index < -0.39 is 17.9 Å². The number of amides is 1. The van der Waals surface area contributed by atoms with Crippen molar-refractivity contribution in [3.8, 4) is 17.3 Å². The maximum Gasteiger partial charge on any atom is 0.433 e. The molecule has 6 nitrogen and oxygen atoms in total. The van der Waals surface area contributed by atoms with E-state index in [0.29, 0.717) is 42.7 Å².